The number of carbonyl (C=O) groups is 1. The average Bonchev–Trinajstić information content (AvgIpc) is 3.48. The van der Waals surface area contributed by atoms with Crippen molar-refractivity contribution in [3.63, 3.8) is 0 Å². The third-order valence-corrected chi connectivity index (χ3v) is 7.39. The zero-order chi connectivity index (χ0) is 20.7. The summed E-state index contributed by atoms with van der Waals surface area (Å²) < 4.78 is 2.77. The third-order valence-electron chi connectivity index (χ3n) is 5.35. The number of hydrogen-bond acceptors (Lipinski definition) is 8. The lowest BCUT2D eigenvalue weighted by Crippen LogP contribution is -2.16. The van der Waals surface area contributed by atoms with E-state index in [1.54, 1.807) is 17.7 Å². The Morgan fingerprint density at radius 3 is 2.90 bits per heavy atom. The molecule has 0 saturated carbocycles. The van der Waals surface area contributed by atoms with E-state index in [0.717, 1.165) is 45.4 Å². The first-order valence-corrected chi connectivity index (χ1v) is 11.6. The van der Waals surface area contributed by atoms with Crippen LogP contribution in [0.25, 0.3) is 16.0 Å². The summed E-state index contributed by atoms with van der Waals surface area (Å²) in [5.74, 6) is 0.169. The van der Waals surface area contributed by atoms with Crippen LogP contribution in [0, 0.1) is 13.8 Å². The first kappa shape index (κ1) is 19.3. The van der Waals surface area contributed by atoms with Gasteiger partial charge in [-0.25, -0.2) is 4.98 Å². The summed E-state index contributed by atoms with van der Waals surface area (Å²) >= 11 is 2.95. The monoisotopic (exact) mass is 439 g/mol. The Morgan fingerprint density at radius 1 is 1.23 bits per heavy atom. The van der Waals surface area contributed by atoms with E-state index in [1.165, 1.54) is 24.6 Å². The minimum Gasteiger partial charge on any atom is -0.348 e. The molecule has 4 aromatic rings. The Hall–Kier alpha value is -2.72. The van der Waals surface area contributed by atoms with Gasteiger partial charge in [0, 0.05) is 18.8 Å². The standard InChI is InChI=1S/C20H21N7OS2/c1-12-6-5-7-14(13(12)2)22-15(28)10-29-20-25-24-18-16-17(21-11-27(18)20)23-19(30-16)26-8-3-4-9-26/h5-7,11H,3-4,8-10H2,1-2H3,(H,22,28). The highest BCUT2D eigenvalue weighted by molar-refractivity contribution is 7.99. The Morgan fingerprint density at radius 2 is 2.07 bits per heavy atom. The summed E-state index contributed by atoms with van der Waals surface area (Å²) in [6.07, 6.45) is 4.10. The molecule has 1 N–H and O–H groups in total. The summed E-state index contributed by atoms with van der Waals surface area (Å²) in [6.45, 7) is 6.12. The van der Waals surface area contributed by atoms with E-state index in [1.807, 2.05) is 36.4 Å². The van der Waals surface area contributed by atoms with E-state index in [9.17, 15) is 4.79 Å². The molecule has 0 bridgehead atoms. The molecule has 1 saturated heterocycles. The number of thiazole rings is 1. The predicted molar refractivity (Wildman–Crippen MR) is 121 cm³/mol. The fraction of sp³-hybridized carbons (Fsp3) is 0.350. The van der Waals surface area contributed by atoms with E-state index in [4.69, 9.17) is 0 Å². The van der Waals surface area contributed by atoms with Crippen LogP contribution in [0.2, 0.25) is 0 Å². The maximum Gasteiger partial charge on any atom is 0.234 e. The number of fused-ring (bicyclic) bond motifs is 3. The number of amides is 1. The number of aromatic nitrogens is 5. The van der Waals surface area contributed by atoms with Crippen LogP contribution in [-0.4, -0.2) is 49.3 Å². The smallest absolute Gasteiger partial charge is 0.234 e. The molecule has 0 aliphatic carbocycles. The van der Waals surface area contributed by atoms with E-state index < -0.39 is 0 Å². The normalized spacial score (nSPS) is 14.1. The number of anilines is 2. The number of rotatable bonds is 5. The van der Waals surface area contributed by atoms with Gasteiger partial charge in [-0.15, -0.1) is 10.2 Å². The molecule has 1 aliphatic rings. The zero-order valence-electron chi connectivity index (χ0n) is 16.8. The summed E-state index contributed by atoms with van der Waals surface area (Å²) in [6, 6.07) is 5.89. The van der Waals surface area contributed by atoms with Gasteiger partial charge in [-0.05, 0) is 43.9 Å². The third kappa shape index (κ3) is 3.50. The SMILES string of the molecule is Cc1cccc(NC(=O)CSc2nnc3c4sc(N5CCCC5)nc4ncn23)c1C. The van der Waals surface area contributed by atoms with Crippen LogP contribution in [-0.2, 0) is 4.79 Å². The first-order chi connectivity index (χ1) is 14.6. The molecular formula is C20H21N7OS2. The minimum absolute atomic E-state index is 0.0754. The molecular weight excluding hydrogens is 418 g/mol. The molecule has 30 heavy (non-hydrogen) atoms. The second-order valence-electron chi connectivity index (χ2n) is 7.35. The van der Waals surface area contributed by atoms with Crippen molar-refractivity contribution in [3.05, 3.63) is 35.7 Å². The van der Waals surface area contributed by atoms with Crippen LogP contribution in [0.3, 0.4) is 0 Å². The van der Waals surface area contributed by atoms with Crippen molar-refractivity contribution in [2.75, 3.05) is 29.1 Å². The second kappa shape index (κ2) is 7.84. The van der Waals surface area contributed by atoms with Crippen molar-refractivity contribution in [1.29, 1.82) is 0 Å². The van der Waals surface area contributed by atoms with E-state index in [-0.39, 0.29) is 11.7 Å². The molecule has 1 fully saturated rings. The second-order valence-corrected chi connectivity index (χ2v) is 9.27. The van der Waals surface area contributed by atoms with Gasteiger partial charge in [0.05, 0.1) is 5.75 Å². The highest BCUT2D eigenvalue weighted by Crippen LogP contribution is 2.32. The van der Waals surface area contributed by atoms with Gasteiger partial charge >= 0.3 is 0 Å². The molecule has 1 aromatic carbocycles. The molecule has 154 valence electrons. The minimum atomic E-state index is -0.0754. The largest absolute Gasteiger partial charge is 0.348 e. The molecule has 4 heterocycles. The van der Waals surface area contributed by atoms with Crippen LogP contribution in [0.1, 0.15) is 24.0 Å². The lowest BCUT2D eigenvalue weighted by atomic mass is 10.1. The van der Waals surface area contributed by atoms with Crippen LogP contribution < -0.4 is 10.2 Å². The summed E-state index contributed by atoms with van der Waals surface area (Å²) in [5, 5.41) is 13.2. The van der Waals surface area contributed by atoms with Crippen molar-refractivity contribution in [2.24, 2.45) is 0 Å². The molecule has 0 radical (unpaired) electrons. The number of carbonyl (C=O) groups excluding carboxylic acids is 1. The fourth-order valence-electron chi connectivity index (χ4n) is 3.53. The van der Waals surface area contributed by atoms with Gasteiger partial charge in [-0.1, -0.05) is 35.2 Å². The predicted octanol–water partition coefficient (Wildman–Crippen LogP) is 3.68. The fourth-order valence-corrected chi connectivity index (χ4v) is 5.28. The van der Waals surface area contributed by atoms with Gasteiger partial charge in [0.2, 0.25) is 5.91 Å². The van der Waals surface area contributed by atoms with Crippen molar-refractivity contribution in [3.8, 4) is 0 Å². The molecule has 3 aromatic heterocycles. The summed E-state index contributed by atoms with van der Waals surface area (Å²) in [7, 11) is 0. The number of aryl methyl sites for hydroxylation is 1. The summed E-state index contributed by atoms with van der Waals surface area (Å²) in [4.78, 5) is 23.9. The van der Waals surface area contributed by atoms with Crippen LogP contribution >= 0.6 is 23.1 Å². The molecule has 0 unspecified atom stereocenters. The maximum absolute atomic E-state index is 12.5. The van der Waals surface area contributed by atoms with Gasteiger partial charge in [0.15, 0.2) is 21.6 Å². The van der Waals surface area contributed by atoms with Gasteiger partial charge in [-0.2, -0.15) is 4.98 Å². The Balaban J connectivity index is 1.34. The Labute approximate surface area is 181 Å². The van der Waals surface area contributed by atoms with Gasteiger partial charge in [0.1, 0.15) is 11.0 Å². The van der Waals surface area contributed by atoms with E-state index >= 15 is 0 Å². The van der Waals surface area contributed by atoms with Gasteiger partial charge < -0.3 is 10.2 Å². The highest BCUT2D eigenvalue weighted by Gasteiger charge is 2.20. The lowest BCUT2D eigenvalue weighted by molar-refractivity contribution is -0.113. The van der Waals surface area contributed by atoms with Crippen molar-refractivity contribution in [1.82, 2.24) is 24.6 Å². The maximum atomic E-state index is 12.5. The van der Waals surface area contributed by atoms with Crippen molar-refractivity contribution >= 4 is 55.8 Å². The van der Waals surface area contributed by atoms with Crippen molar-refractivity contribution < 1.29 is 4.79 Å². The molecule has 10 heteroatoms. The average molecular weight is 440 g/mol. The molecule has 8 nitrogen and oxygen atoms in total. The number of nitrogens with zero attached hydrogens (tertiary/aromatic N) is 6. The highest BCUT2D eigenvalue weighted by atomic mass is 32.2. The van der Waals surface area contributed by atoms with Crippen LogP contribution in [0.4, 0.5) is 10.8 Å². The zero-order valence-corrected chi connectivity index (χ0v) is 18.4. The molecule has 0 spiro atoms. The number of thioether (sulfide) groups is 1. The first-order valence-electron chi connectivity index (χ1n) is 9.84. The Bertz CT molecular complexity index is 1240. The lowest BCUT2D eigenvalue weighted by Gasteiger charge is -2.11. The summed E-state index contributed by atoms with van der Waals surface area (Å²) in [5.41, 5.74) is 4.51. The Kier molecular flexibility index (Phi) is 5.03. The molecule has 0 atom stereocenters. The molecule has 1 amide bonds. The van der Waals surface area contributed by atoms with E-state index in [0.29, 0.717) is 10.8 Å². The number of hydrogen-bond donors (Lipinski definition) is 1. The van der Waals surface area contributed by atoms with Gasteiger partial charge in [0.25, 0.3) is 0 Å². The molecule has 1 aliphatic heterocycles. The van der Waals surface area contributed by atoms with Gasteiger partial charge in [-0.3, -0.25) is 9.20 Å². The molecule has 5 rings (SSSR count). The number of benzene rings is 1. The van der Waals surface area contributed by atoms with Crippen LogP contribution in [0.5, 0.6) is 0 Å². The number of nitrogens with one attached hydrogen (secondary N) is 1. The topological polar surface area (TPSA) is 88.3 Å². The van der Waals surface area contributed by atoms with Crippen LogP contribution in [0.15, 0.2) is 29.7 Å². The quantitative estimate of drug-likeness (QED) is 0.475. The van der Waals surface area contributed by atoms with Crippen molar-refractivity contribution in [2.45, 2.75) is 31.8 Å². The van der Waals surface area contributed by atoms with E-state index in [2.05, 4.69) is 30.4 Å².